The van der Waals surface area contributed by atoms with Gasteiger partial charge in [-0.25, -0.2) is 4.79 Å². The molecule has 3 rings (SSSR count). The predicted octanol–water partition coefficient (Wildman–Crippen LogP) is 1.13. The Morgan fingerprint density at radius 2 is 1.96 bits per heavy atom. The summed E-state index contributed by atoms with van der Waals surface area (Å²) in [5, 5.41) is 5.38. The molecule has 8 heteroatoms. The maximum absolute atomic E-state index is 12.5. The summed E-state index contributed by atoms with van der Waals surface area (Å²) in [4.78, 5) is 49.2. The summed E-state index contributed by atoms with van der Waals surface area (Å²) >= 11 is 0. The first-order valence-corrected chi connectivity index (χ1v) is 8.95. The number of urea groups is 1. The van der Waals surface area contributed by atoms with Gasteiger partial charge in [0.25, 0.3) is 11.8 Å². The third-order valence-corrected chi connectivity index (χ3v) is 5.02. The van der Waals surface area contributed by atoms with Crippen LogP contribution in [-0.4, -0.2) is 47.4 Å². The average Bonchev–Trinajstić information content (AvgIpc) is 3.47. The molecule has 2 N–H and O–H groups in total. The monoisotopic (exact) mass is 373 g/mol. The van der Waals surface area contributed by atoms with Crippen LogP contribution in [-0.2, 0) is 19.1 Å². The van der Waals surface area contributed by atoms with Crippen molar-refractivity contribution in [1.29, 1.82) is 0 Å². The van der Waals surface area contributed by atoms with Crippen LogP contribution < -0.4 is 10.6 Å². The van der Waals surface area contributed by atoms with E-state index in [-0.39, 0.29) is 12.0 Å². The van der Waals surface area contributed by atoms with Crippen LogP contribution in [0.2, 0.25) is 0 Å². The molecule has 0 bridgehead atoms. The van der Waals surface area contributed by atoms with Crippen LogP contribution in [0.4, 0.5) is 4.79 Å². The number of rotatable bonds is 7. The lowest BCUT2D eigenvalue weighted by molar-refractivity contribution is -0.151. The van der Waals surface area contributed by atoms with Gasteiger partial charge in [0.2, 0.25) is 0 Å². The lowest BCUT2D eigenvalue weighted by Gasteiger charge is -2.20. The number of nitrogens with zero attached hydrogens (tertiary/aromatic N) is 1. The maximum atomic E-state index is 12.5. The molecule has 0 spiro atoms. The molecule has 2 atom stereocenters. The van der Waals surface area contributed by atoms with Crippen molar-refractivity contribution in [1.82, 2.24) is 15.5 Å². The number of carbonyl (C=O) groups is 4. The Balaban J connectivity index is 1.46. The van der Waals surface area contributed by atoms with Crippen LogP contribution in [0, 0.1) is 5.92 Å². The lowest BCUT2D eigenvalue weighted by Crippen LogP contribution is -2.46. The molecule has 8 nitrogen and oxygen atoms in total. The van der Waals surface area contributed by atoms with Crippen molar-refractivity contribution in [3.8, 4) is 0 Å². The zero-order valence-corrected chi connectivity index (χ0v) is 15.4. The van der Waals surface area contributed by atoms with E-state index in [0.717, 1.165) is 23.3 Å². The number of nitrogens with one attached hydrogen (secondary N) is 2. The van der Waals surface area contributed by atoms with Gasteiger partial charge in [0.1, 0.15) is 12.1 Å². The second-order valence-corrected chi connectivity index (χ2v) is 7.16. The van der Waals surface area contributed by atoms with Gasteiger partial charge in [0, 0.05) is 0 Å². The second-order valence-electron chi connectivity index (χ2n) is 7.16. The number of hydrogen-bond donors (Lipinski definition) is 2. The third-order valence-electron chi connectivity index (χ3n) is 5.02. The van der Waals surface area contributed by atoms with Crippen LogP contribution >= 0.6 is 0 Å². The zero-order valence-electron chi connectivity index (χ0n) is 15.4. The fraction of sp³-hybridized carbons (Fsp3) is 0.474. The number of hydrogen-bond acceptors (Lipinski definition) is 5. The Morgan fingerprint density at radius 3 is 2.59 bits per heavy atom. The average molecular weight is 373 g/mol. The van der Waals surface area contributed by atoms with Gasteiger partial charge >= 0.3 is 12.0 Å². The quantitative estimate of drug-likeness (QED) is 0.551. The highest BCUT2D eigenvalue weighted by atomic mass is 16.5. The van der Waals surface area contributed by atoms with E-state index in [2.05, 4.69) is 10.6 Å². The summed E-state index contributed by atoms with van der Waals surface area (Å²) in [5.41, 5.74) is -0.0179. The van der Waals surface area contributed by atoms with Crippen molar-refractivity contribution < 1.29 is 23.9 Å². The largest absolute Gasteiger partial charge is 0.454 e. The summed E-state index contributed by atoms with van der Waals surface area (Å²) in [6, 6.07) is 8.54. The normalized spacial score (nSPS) is 23.0. The summed E-state index contributed by atoms with van der Waals surface area (Å²) in [7, 11) is 0. The molecule has 0 unspecified atom stereocenters. The fourth-order valence-electron chi connectivity index (χ4n) is 3.23. The molecule has 1 saturated heterocycles. The number of esters is 1. The van der Waals surface area contributed by atoms with Crippen molar-refractivity contribution in [2.24, 2.45) is 5.92 Å². The minimum atomic E-state index is -0.945. The fourth-order valence-corrected chi connectivity index (χ4v) is 3.23. The van der Waals surface area contributed by atoms with E-state index in [0.29, 0.717) is 0 Å². The van der Waals surface area contributed by atoms with Crippen LogP contribution in [0.15, 0.2) is 30.3 Å². The van der Waals surface area contributed by atoms with Crippen molar-refractivity contribution in [2.75, 3.05) is 13.2 Å². The van der Waals surface area contributed by atoms with Gasteiger partial charge in [-0.3, -0.25) is 19.3 Å². The van der Waals surface area contributed by atoms with E-state index in [1.807, 2.05) is 37.3 Å². The lowest BCUT2D eigenvalue weighted by atomic mass is 9.96. The van der Waals surface area contributed by atoms with Gasteiger partial charge in [-0.2, -0.15) is 0 Å². The Morgan fingerprint density at radius 1 is 1.30 bits per heavy atom. The van der Waals surface area contributed by atoms with E-state index in [9.17, 15) is 19.2 Å². The SMILES string of the molecule is C[C@@H](NC(=O)COC(=O)CN1C(=O)N[C@](C)(C2CC2)C1=O)c1ccccc1. The maximum Gasteiger partial charge on any atom is 0.326 e. The first-order chi connectivity index (χ1) is 12.8. The van der Waals surface area contributed by atoms with Gasteiger partial charge in [0.15, 0.2) is 6.61 Å². The van der Waals surface area contributed by atoms with Crippen LogP contribution in [0.3, 0.4) is 0 Å². The molecule has 1 heterocycles. The molecule has 1 aromatic carbocycles. The molecule has 2 aliphatic rings. The van der Waals surface area contributed by atoms with Crippen LogP contribution in [0.1, 0.15) is 38.3 Å². The van der Waals surface area contributed by atoms with E-state index in [1.165, 1.54) is 0 Å². The van der Waals surface area contributed by atoms with Crippen molar-refractivity contribution in [3.63, 3.8) is 0 Å². The molecule has 1 aliphatic carbocycles. The molecule has 4 amide bonds. The van der Waals surface area contributed by atoms with Gasteiger partial charge in [-0.05, 0) is 38.2 Å². The van der Waals surface area contributed by atoms with Gasteiger partial charge < -0.3 is 15.4 Å². The number of ether oxygens (including phenoxy) is 1. The van der Waals surface area contributed by atoms with Crippen molar-refractivity contribution in [2.45, 2.75) is 38.3 Å². The Kier molecular flexibility index (Phi) is 5.16. The number of benzene rings is 1. The summed E-state index contributed by atoms with van der Waals surface area (Å²) in [6.07, 6.45) is 1.75. The first kappa shape index (κ1) is 18.9. The van der Waals surface area contributed by atoms with E-state index in [4.69, 9.17) is 4.74 Å². The summed E-state index contributed by atoms with van der Waals surface area (Å²) < 4.78 is 4.92. The Bertz CT molecular complexity index is 762. The summed E-state index contributed by atoms with van der Waals surface area (Å²) in [5.74, 6) is -1.57. The number of imide groups is 1. The van der Waals surface area contributed by atoms with Gasteiger partial charge in [-0.15, -0.1) is 0 Å². The van der Waals surface area contributed by atoms with Crippen molar-refractivity contribution >= 4 is 23.8 Å². The molecular weight excluding hydrogens is 350 g/mol. The third kappa shape index (κ3) is 4.10. The standard InChI is InChI=1S/C19H23N3O5/c1-12(13-6-4-3-5-7-13)20-15(23)11-27-16(24)10-22-17(25)19(2,14-8-9-14)21-18(22)26/h3-7,12,14H,8-11H2,1-2H3,(H,20,23)(H,21,26)/t12-,19-/m1/s1. The molecule has 1 aromatic rings. The molecule has 144 valence electrons. The molecule has 2 fully saturated rings. The van der Waals surface area contributed by atoms with Crippen molar-refractivity contribution in [3.05, 3.63) is 35.9 Å². The molecular formula is C19H23N3O5. The second kappa shape index (κ2) is 7.38. The minimum absolute atomic E-state index is 0.111. The molecule has 0 radical (unpaired) electrons. The topological polar surface area (TPSA) is 105 Å². The highest BCUT2D eigenvalue weighted by Gasteiger charge is 2.56. The highest BCUT2D eigenvalue weighted by Crippen LogP contribution is 2.42. The molecule has 0 aromatic heterocycles. The van der Waals surface area contributed by atoms with Gasteiger partial charge in [-0.1, -0.05) is 30.3 Å². The van der Waals surface area contributed by atoms with Gasteiger partial charge in [0.05, 0.1) is 6.04 Å². The van der Waals surface area contributed by atoms with Crippen LogP contribution in [0.25, 0.3) is 0 Å². The highest BCUT2D eigenvalue weighted by molar-refractivity contribution is 6.08. The zero-order chi connectivity index (χ0) is 19.6. The molecule has 1 saturated carbocycles. The van der Waals surface area contributed by atoms with E-state index < -0.39 is 42.5 Å². The Labute approximate surface area is 157 Å². The molecule has 27 heavy (non-hydrogen) atoms. The minimum Gasteiger partial charge on any atom is -0.454 e. The number of amides is 4. The summed E-state index contributed by atoms with van der Waals surface area (Å²) in [6.45, 7) is 2.52. The number of carbonyl (C=O) groups excluding carboxylic acids is 4. The first-order valence-electron chi connectivity index (χ1n) is 8.95. The molecule has 1 aliphatic heterocycles. The Hall–Kier alpha value is -2.90. The van der Waals surface area contributed by atoms with E-state index >= 15 is 0 Å². The smallest absolute Gasteiger partial charge is 0.326 e. The van der Waals surface area contributed by atoms with E-state index in [1.54, 1.807) is 6.92 Å². The van der Waals surface area contributed by atoms with Crippen LogP contribution in [0.5, 0.6) is 0 Å². The predicted molar refractivity (Wildman–Crippen MR) is 95.3 cm³/mol.